The van der Waals surface area contributed by atoms with Crippen LogP contribution in [0, 0.1) is 0 Å². The second-order valence-corrected chi connectivity index (χ2v) is 4.82. The van der Waals surface area contributed by atoms with Crippen LogP contribution in [0.1, 0.15) is 34.1 Å². The summed E-state index contributed by atoms with van der Waals surface area (Å²) in [5.41, 5.74) is -0.717. The highest BCUT2D eigenvalue weighted by molar-refractivity contribution is 6.04. The summed E-state index contributed by atoms with van der Waals surface area (Å²) in [6, 6.07) is 6.12. The molecule has 2 N–H and O–H groups in total. The second-order valence-electron chi connectivity index (χ2n) is 4.82. The van der Waals surface area contributed by atoms with Crippen molar-refractivity contribution in [3.05, 3.63) is 35.4 Å². The molecule has 0 aliphatic carbocycles. The number of likely N-dealkylation sites (tertiary alicyclic amines) is 1. The van der Waals surface area contributed by atoms with Crippen molar-refractivity contribution < 1.29 is 19.8 Å². The minimum Gasteiger partial charge on any atom is -0.478 e. The van der Waals surface area contributed by atoms with Crippen LogP contribution in [0.5, 0.6) is 0 Å². The molecule has 0 aromatic heterocycles. The zero-order valence-electron chi connectivity index (χ0n) is 10.1. The number of carboxylic acid groups (broad SMARTS) is 1. The SMILES string of the molecule is CC1(O)CCN(C(=O)c2ccccc2C(=O)O)C1. The van der Waals surface area contributed by atoms with Crippen LogP contribution >= 0.6 is 0 Å². The average Bonchev–Trinajstić information content (AvgIpc) is 2.68. The molecule has 5 nitrogen and oxygen atoms in total. The molecule has 1 saturated heterocycles. The first kappa shape index (κ1) is 12.6. The Morgan fingerprint density at radius 1 is 1.28 bits per heavy atom. The highest BCUT2D eigenvalue weighted by atomic mass is 16.4. The number of hydrogen-bond acceptors (Lipinski definition) is 3. The minimum absolute atomic E-state index is 0.00552. The maximum absolute atomic E-state index is 12.2. The first-order valence-corrected chi connectivity index (χ1v) is 5.75. The van der Waals surface area contributed by atoms with E-state index in [1.54, 1.807) is 19.1 Å². The summed E-state index contributed by atoms with van der Waals surface area (Å²) in [6.07, 6.45) is 0.508. The summed E-state index contributed by atoms with van der Waals surface area (Å²) in [4.78, 5) is 24.7. The molecule has 0 bridgehead atoms. The predicted octanol–water partition coefficient (Wildman–Crippen LogP) is 0.982. The van der Waals surface area contributed by atoms with E-state index in [4.69, 9.17) is 5.11 Å². The van der Waals surface area contributed by atoms with Crippen molar-refractivity contribution >= 4 is 11.9 Å². The first-order chi connectivity index (χ1) is 8.41. The van der Waals surface area contributed by atoms with Crippen molar-refractivity contribution in [2.24, 2.45) is 0 Å². The molecule has 1 atom stereocenters. The van der Waals surface area contributed by atoms with Gasteiger partial charge in [-0.2, -0.15) is 0 Å². The van der Waals surface area contributed by atoms with Crippen LogP contribution in [-0.4, -0.2) is 45.7 Å². The molecule has 18 heavy (non-hydrogen) atoms. The lowest BCUT2D eigenvalue weighted by Gasteiger charge is -2.19. The van der Waals surface area contributed by atoms with Crippen LogP contribution in [0.15, 0.2) is 24.3 Å². The van der Waals surface area contributed by atoms with Gasteiger partial charge in [-0.25, -0.2) is 4.79 Å². The standard InChI is InChI=1S/C13H15NO4/c1-13(18)6-7-14(8-13)11(15)9-4-2-3-5-10(9)12(16)17/h2-5,18H,6-8H2,1H3,(H,16,17). The third-order valence-corrected chi connectivity index (χ3v) is 3.13. The molecule has 5 heteroatoms. The lowest BCUT2D eigenvalue weighted by Crippen LogP contribution is -2.34. The van der Waals surface area contributed by atoms with Gasteiger partial charge in [0, 0.05) is 13.1 Å². The maximum atomic E-state index is 12.2. The number of carbonyl (C=O) groups excluding carboxylic acids is 1. The Morgan fingerprint density at radius 3 is 2.39 bits per heavy atom. The molecular weight excluding hydrogens is 234 g/mol. The average molecular weight is 249 g/mol. The predicted molar refractivity (Wildman–Crippen MR) is 64.5 cm³/mol. The Kier molecular flexibility index (Phi) is 3.09. The number of aromatic carboxylic acids is 1. The summed E-state index contributed by atoms with van der Waals surface area (Å²) >= 11 is 0. The van der Waals surface area contributed by atoms with E-state index in [0.29, 0.717) is 13.0 Å². The largest absolute Gasteiger partial charge is 0.478 e. The highest BCUT2D eigenvalue weighted by Crippen LogP contribution is 2.23. The van der Waals surface area contributed by atoms with E-state index in [1.807, 2.05) is 0 Å². The lowest BCUT2D eigenvalue weighted by molar-refractivity contribution is 0.0567. The number of β-amino-alcohol motifs (C(OH)–C–C–N with tert-alkyl or cyclic N) is 1. The highest BCUT2D eigenvalue weighted by Gasteiger charge is 2.35. The van der Waals surface area contributed by atoms with E-state index in [9.17, 15) is 14.7 Å². The van der Waals surface area contributed by atoms with Crippen LogP contribution in [0.4, 0.5) is 0 Å². The number of rotatable bonds is 2. The third-order valence-electron chi connectivity index (χ3n) is 3.13. The Labute approximate surface area is 105 Å². The molecule has 0 spiro atoms. The van der Waals surface area contributed by atoms with Gasteiger partial charge in [-0.15, -0.1) is 0 Å². The number of aliphatic hydroxyl groups is 1. The summed E-state index contributed by atoms with van der Waals surface area (Å²) in [6.45, 7) is 2.35. The summed E-state index contributed by atoms with van der Waals surface area (Å²) < 4.78 is 0. The minimum atomic E-state index is -1.12. The number of benzene rings is 1. The van der Waals surface area contributed by atoms with Gasteiger partial charge in [0.05, 0.1) is 16.7 Å². The van der Waals surface area contributed by atoms with E-state index in [-0.39, 0.29) is 23.6 Å². The fraction of sp³-hybridized carbons (Fsp3) is 0.385. The fourth-order valence-electron chi connectivity index (χ4n) is 2.14. The van der Waals surface area contributed by atoms with Crippen LogP contribution < -0.4 is 0 Å². The van der Waals surface area contributed by atoms with Crippen molar-refractivity contribution in [3.63, 3.8) is 0 Å². The third kappa shape index (κ3) is 2.36. The molecule has 0 radical (unpaired) electrons. The summed E-state index contributed by atoms with van der Waals surface area (Å²) in [5.74, 6) is -1.46. The van der Waals surface area contributed by atoms with Crippen LogP contribution in [0.2, 0.25) is 0 Å². The van der Waals surface area contributed by atoms with Crippen molar-refractivity contribution in [1.82, 2.24) is 4.90 Å². The van der Waals surface area contributed by atoms with Crippen molar-refractivity contribution in [2.45, 2.75) is 18.9 Å². The summed E-state index contributed by atoms with van der Waals surface area (Å²) in [5, 5.41) is 18.9. The first-order valence-electron chi connectivity index (χ1n) is 5.75. The number of nitrogens with zero attached hydrogens (tertiary/aromatic N) is 1. The number of carbonyl (C=O) groups is 2. The van der Waals surface area contributed by atoms with E-state index >= 15 is 0 Å². The van der Waals surface area contributed by atoms with Gasteiger partial charge in [0.2, 0.25) is 0 Å². The van der Waals surface area contributed by atoms with Crippen LogP contribution in [-0.2, 0) is 0 Å². The van der Waals surface area contributed by atoms with Gasteiger partial charge in [-0.05, 0) is 25.5 Å². The van der Waals surface area contributed by atoms with Gasteiger partial charge in [0.15, 0.2) is 0 Å². The second kappa shape index (κ2) is 4.42. The van der Waals surface area contributed by atoms with Gasteiger partial charge in [-0.3, -0.25) is 4.79 Å². The maximum Gasteiger partial charge on any atom is 0.336 e. The molecule has 0 saturated carbocycles. The number of carboxylic acids is 1. The number of amides is 1. The van der Waals surface area contributed by atoms with Gasteiger partial charge in [-0.1, -0.05) is 12.1 Å². The van der Waals surface area contributed by atoms with Crippen LogP contribution in [0.25, 0.3) is 0 Å². The Hall–Kier alpha value is -1.88. The molecule has 2 rings (SSSR count). The molecule has 1 aliphatic heterocycles. The van der Waals surface area contributed by atoms with Crippen molar-refractivity contribution in [2.75, 3.05) is 13.1 Å². The molecule has 1 unspecified atom stereocenters. The van der Waals surface area contributed by atoms with Gasteiger partial charge < -0.3 is 15.1 Å². The van der Waals surface area contributed by atoms with Gasteiger partial charge >= 0.3 is 5.97 Å². The van der Waals surface area contributed by atoms with Gasteiger partial charge in [0.25, 0.3) is 5.91 Å². The fourth-order valence-corrected chi connectivity index (χ4v) is 2.14. The van der Waals surface area contributed by atoms with Crippen molar-refractivity contribution in [3.8, 4) is 0 Å². The topological polar surface area (TPSA) is 77.8 Å². The monoisotopic (exact) mass is 249 g/mol. The lowest BCUT2D eigenvalue weighted by atomic mass is 10.1. The van der Waals surface area contributed by atoms with Crippen LogP contribution in [0.3, 0.4) is 0 Å². The Balaban J connectivity index is 2.27. The summed E-state index contributed by atoms with van der Waals surface area (Å²) in [7, 11) is 0. The molecular formula is C13H15NO4. The van der Waals surface area contributed by atoms with Crippen molar-refractivity contribution in [1.29, 1.82) is 0 Å². The van der Waals surface area contributed by atoms with Gasteiger partial charge in [0.1, 0.15) is 0 Å². The smallest absolute Gasteiger partial charge is 0.336 e. The van der Waals surface area contributed by atoms with E-state index in [0.717, 1.165) is 0 Å². The zero-order valence-corrected chi connectivity index (χ0v) is 10.1. The molecule has 1 amide bonds. The van der Waals surface area contributed by atoms with E-state index in [1.165, 1.54) is 17.0 Å². The zero-order chi connectivity index (χ0) is 13.3. The van der Waals surface area contributed by atoms with E-state index < -0.39 is 11.6 Å². The quantitative estimate of drug-likeness (QED) is 0.819. The Bertz CT molecular complexity index is 496. The molecule has 96 valence electrons. The van der Waals surface area contributed by atoms with E-state index in [2.05, 4.69) is 0 Å². The number of hydrogen-bond donors (Lipinski definition) is 2. The Morgan fingerprint density at radius 2 is 1.89 bits per heavy atom. The molecule has 1 aromatic rings. The molecule has 1 aromatic carbocycles. The molecule has 1 aliphatic rings. The normalized spacial score (nSPS) is 23.1. The molecule has 1 heterocycles. The molecule has 1 fully saturated rings.